The number of hydrogen-bond acceptors (Lipinski definition) is 3. The number of ether oxygens (including phenoxy) is 1. The molecule has 1 rings (SSSR count). The summed E-state index contributed by atoms with van der Waals surface area (Å²) in [5.41, 5.74) is 0.937. The summed E-state index contributed by atoms with van der Waals surface area (Å²) in [7, 11) is 1.67. The lowest BCUT2D eigenvalue weighted by Gasteiger charge is -2.14. The SMILES string of the molecule is COCCC(C)Nc1ccc(SC(F)F)cc1. The molecule has 0 aliphatic carbocycles. The van der Waals surface area contributed by atoms with Crippen LogP contribution in [0.15, 0.2) is 29.2 Å². The summed E-state index contributed by atoms with van der Waals surface area (Å²) in [6.07, 6.45) is 0.907. The number of methoxy groups -OCH3 is 1. The molecule has 0 fully saturated rings. The van der Waals surface area contributed by atoms with Crippen LogP contribution in [-0.4, -0.2) is 25.5 Å². The van der Waals surface area contributed by atoms with Crippen LogP contribution in [-0.2, 0) is 4.74 Å². The first kappa shape index (κ1) is 14.3. The molecule has 0 aromatic heterocycles. The van der Waals surface area contributed by atoms with Gasteiger partial charge >= 0.3 is 0 Å². The van der Waals surface area contributed by atoms with Crippen LogP contribution in [0.25, 0.3) is 0 Å². The quantitative estimate of drug-likeness (QED) is 0.753. The highest BCUT2D eigenvalue weighted by Gasteiger charge is 2.05. The number of hydrogen-bond donors (Lipinski definition) is 1. The predicted molar refractivity (Wildman–Crippen MR) is 67.9 cm³/mol. The normalized spacial score (nSPS) is 12.8. The summed E-state index contributed by atoms with van der Waals surface area (Å²) in [5.74, 6) is -2.37. The monoisotopic (exact) mass is 261 g/mol. The van der Waals surface area contributed by atoms with Crippen molar-refractivity contribution >= 4 is 17.4 Å². The highest BCUT2D eigenvalue weighted by atomic mass is 32.2. The van der Waals surface area contributed by atoms with Gasteiger partial charge in [-0.15, -0.1) is 0 Å². The molecule has 1 atom stereocenters. The van der Waals surface area contributed by atoms with Crippen molar-refractivity contribution in [1.82, 2.24) is 0 Å². The van der Waals surface area contributed by atoms with Gasteiger partial charge in [-0.1, -0.05) is 11.8 Å². The zero-order valence-electron chi connectivity index (χ0n) is 9.95. The van der Waals surface area contributed by atoms with E-state index in [4.69, 9.17) is 4.74 Å². The summed E-state index contributed by atoms with van der Waals surface area (Å²) in [6.45, 7) is 2.76. The van der Waals surface area contributed by atoms with E-state index in [0.29, 0.717) is 29.3 Å². The van der Waals surface area contributed by atoms with Gasteiger partial charge in [0.1, 0.15) is 0 Å². The Kier molecular flexibility index (Phi) is 6.29. The van der Waals surface area contributed by atoms with E-state index in [1.807, 2.05) is 12.1 Å². The number of nitrogens with one attached hydrogen (secondary N) is 1. The summed E-state index contributed by atoms with van der Waals surface area (Å²) in [6, 6.07) is 7.32. The Morgan fingerprint density at radius 3 is 2.47 bits per heavy atom. The van der Waals surface area contributed by atoms with E-state index in [-0.39, 0.29) is 0 Å². The number of rotatable bonds is 7. The van der Waals surface area contributed by atoms with Gasteiger partial charge in [0.25, 0.3) is 5.76 Å². The predicted octanol–water partition coefficient (Wildman–Crippen LogP) is 3.84. The number of alkyl halides is 2. The number of halogens is 2. The van der Waals surface area contributed by atoms with Crippen LogP contribution < -0.4 is 5.32 Å². The lowest BCUT2D eigenvalue weighted by atomic mass is 10.2. The summed E-state index contributed by atoms with van der Waals surface area (Å²) < 4.78 is 29.2. The van der Waals surface area contributed by atoms with Gasteiger partial charge in [-0.25, -0.2) is 0 Å². The molecular formula is C12H17F2NOS. The molecule has 0 spiro atoms. The van der Waals surface area contributed by atoms with Crippen molar-refractivity contribution in [2.75, 3.05) is 19.0 Å². The van der Waals surface area contributed by atoms with Gasteiger partial charge in [-0.3, -0.25) is 0 Å². The molecule has 0 saturated carbocycles. The van der Waals surface area contributed by atoms with Crippen molar-refractivity contribution in [3.8, 4) is 0 Å². The molecule has 1 unspecified atom stereocenters. The van der Waals surface area contributed by atoms with Gasteiger partial charge in [0, 0.05) is 30.3 Å². The third kappa shape index (κ3) is 5.89. The fourth-order valence-electron chi connectivity index (χ4n) is 1.38. The van der Waals surface area contributed by atoms with E-state index in [0.717, 1.165) is 12.1 Å². The van der Waals surface area contributed by atoms with E-state index in [1.54, 1.807) is 19.2 Å². The first-order valence-electron chi connectivity index (χ1n) is 5.42. The van der Waals surface area contributed by atoms with E-state index in [1.165, 1.54) is 0 Å². The van der Waals surface area contributed by atoms with Gasteiger partial charge in [-0.2, -0.15) is 8.78 Å². The molecule has 1 aromatic carbocycles. The lowest BCUT2D eigenvalue weighted by Crippen LogP contribution is -2.16. The van der Waals surface area contributed by atoms with Crippen LogP contribution in [0.3, 0.4) is 0 Å². The van der Waals surface area contributed by atoms with Gasteiger partial charge in [0.05, 0.1) is 0 Å². The van der Waals surface area contributed by atoms with E-state index in [9.17, 15) is 8.78 Å². The van der Waals surface area contributed by atoms with Gasteiger partial charge < -0.3 is 10.1 Å². The van der Waals surface area contributed by atoms with Crippen molar-refractivity contribution in [1.29, 1.82) is 0 Å². The Balaban J connectivity index is 2.44. The van der Waals surface area contributed by atoms with Crippen LogP contribution in [0.2, 0.25) is 0 Å². The Morgan fingerprint density at radius 2 is 1.94 bits per heavy atom. The third-order valence-electron chi connectivity index (χ3n) is 2.25. The van der Waals surface area contributed by atoms with Crippen molar-refractivity contribution in [2.24, 2.45) is 0 Å². The minimum absolute atomic E-state index is 0.295. The van der Waals surface area contributed by atoms with Crippen LogP contribution >= 0.6 is 11.8 Å². The van der Waals surface area contributed by atoms with E-state index >= 15 is 0 Å². The number of benzene rings is 1. The molecule has 1 aromatic rings. The standard InChI is InChI=1S/C12H17F2NOS/c1-9(7-8-16-2)15-10-3-5-11(6-4-10)17-12(13)14/h3-6,9,12,15H,7-8H2,1-2H3. The molecule has 0 saturated heterocycles. The maximum Gasteiger partial charge on any atom is 0.288 e. The fourth-order valence-corrected chi connectivity index (χ4v) is 1.88. The fraction of sp³-hybridized carbons (Fsp3) is 0.500. The topological polar surface area (TPSA) is 21.3 Å². The van der Waals surface area contributed by atoms with Crippen molar-refractivity contribution in [3.05, 3.63) is 24.3 Å². The van der Waals surface area contributed by atoms with Crippen molar-refractivity contribution in [3.63, 3.8) is 0 Å². The molecular weight excluding hydrogens is 244 g/mol. The van der Waals surface area contributed by atoms with Gasteiger partial charge in [0.15, 0.2) is 0 Å². The summed E-state index contributed by atoms with van der Waals surface area (Å²) >= 11 is 0.559. The second-order valence-electron chi connectivity index (χ2n) is 3.73. The summed E-state index contributed by atoms with van der Waals surface area (Å²) in [5, 5.41) is 3.28. The lowest BCUT2D eigenvalue weighted by molar-refractivity contribution is 0.191. The molecule has 5 heteroatoms. The molecule has 0 heterocycles. The largest absolute Gasteiger partial charge is 0.385 e. The Bertz CT molecular complexity index is 319. The first-order valence-corrected chi connectivity index (χ1v) is 6.30. The average Bonchev–Trinajstić information content (AvgIpc) is 2.28. The molecule has 0 aliphatic heterocycles. The van der Waals surface area contributed by atoms with E-state index in [2.05, 4.69) is 12.2 Å². The van der Waals surface area contributed by atoms with Crippen LogP contribution in [0.4, 0.5) is 14.5 Å². The molecule has 0 aliphatic rings. The molecule has 1 N–H and O–H groups in total. The molecule has 0 amide bonds. The Morgan fingerprint density at radius 1 is 1.29 bits per heavy atom. The first-order chi connectivity index (χ1) is 8.11. The smallest absolute Gasteiger partial charge is 0.288 e. The maximum atomic E-state index is 12.1. The van der Waals surface area contributed by atoms with Crippen molar-refractivity contribution < 1.29 is 13.5 Å². The van der Waals surface area contributed by atoms with Gasteiger partial charge in [0.2, 0.25) is 0 Å². The Labute approximate surface area is 105 Å². The molecule has 96 valence electrons. The number of thioether (sulfide) groups is 1. The molecule has 17 heavy (non-hydrogen) atoms. The Hall–Kier alpha value is -0.810. The third-order valence-corrected chi connectivity index (χ3v) is 2.97. The van der Waals surface area contributed by atoms with Crippen LogP contribution in [0.1, 0.15) is 13.3 Å². The zero-order chi connectivity index (χ0) is 12.7. The molecule has 0 bridgehead atoms. The zero-order valence-corrected chi connectivity index (χ0v) is 10.8. The summed E-state index contributed by atoms with van der Waals surface area (Å²) in [4.78, 5) is 0.579. The highest BCUT2D eigenvalue weighted by molar-refractivity contribution is 7.99. The minimum Gasteiger partial charge on any atom is -0.385 e. The van der Waals surface area contributed by atoms with Crippen molar-refractivity contribution in [2.45, 2.75) is 30.0 Å². The average molecular weight is 261 g/mol. The minimum atomic E-state index is -2.37. The van der Waals surface area contributed by atoms with Crippen LogP contribution in [0, 0.1) is 0 Å². The maximum absolute atomic E-state index is 12.1. The molecule has 0 radical (unpaired) electrons. The van der Waals surface area contributed by atoms with E-state index < -0.39 is 5.76 Å². The second kappa shape index (κ2) is 7.50. The number of anilines is 1. The molecule has 2 nitrogen and oxygen atoms in total. The highest BCUT2D eigenvalue weighted by Crippen LogP contribution is 2.26. The second-order valence-corrected chi connectivity index (χ2v) is 4.79. The van der Waals surface area contributed by atoms with Crippen LogP contribution in [0.5, 0.6) is 0 Å². The van der Waals surface area contributed by atoms with Gasteiger partial charge in [-0.05, 0) is 37.6 Å².